The lowest BCUT2D eigenvalue weighted by Gasteiger charge is -2.48. The highest BCUT2D eigenvalue weighted by atomic mass is 16.5. The Morgan fingerprint density at radius 3 is 2.38 bits per heavy atom. The van der Waals surface area contributed by atoms with Crippen LogP contribution in [0.2, 0.25) is 0 Å². The Balaban J connectivity index is 1.70. The topological polar surface area (TPSA) is 62.4 Å². The molecule has 1 aromatic rings. The van der Waals surface area contributed by atoms with E-state index in [1.54, 1.807) is 7.11 Å². The zero-order chi connectivity index (χ0) is 19.0. The van der Waals surface area contributed by atoms with Gasteiger partial charge in [0.05, 0.1) is 12.5 Å². The summed E-state index contributed by atoms with van der Waals surface area (Å²) < 4.78 is 5.33. The number of benzene rings is 1. The lowest BCUT2D eigenvalue weighted by molar-refractivity contribution is -0.135. The molecule has 144 valence electrons. The summed E-state index contributed by atoms with van der Waals surface area (Å²) in [4.78, 5) is 13.2. The third kappa shape index (κ3) is 4.21. The van der Waals surface area contributed by atoms with Gasteiger partial charge in [-0.05, 0) is 64.7 Å². The van der Waals surface area contributed by atoms with Crippen molar-refractivity contribution in [1.82, 2.24) is 16.0 Å². The summed E-state index contributed by atoms with van der Waals surface area (Å²) >= 11 is 0. The summed E-state index contributed by atoms with van der Waals surface area (Å²) in [7, 11) is 1.67. The largest absolute Gasteiger partial charge is 0.497 e. The fourth-order valence-corrected chi connectivity index (χ4v) is 4.73. The van der Waals surface area contributed by atoms with Gasteiger partial charge in [-0.15, -0.1) is 0 Å². The Kier molecular flexibility index (Phi) is 5.06. The third-order valence-electron chi connectivity index (χ3n) is 5.61. The molecule has 2 fully saturated rings. The van der Waals surface area contributed by atoms with Crippen molar-refractivity contribution >= 4 is 5.91 Å². The number of hydrogen-bond acceptors (Lipinski definition) is 4. The average Bonchev–Trinajstić information content (AvgIpc) is 2.47. The molecule has 1 aromatic carbocycles. The quantitative estimate of drug-likeness (QED) is 0.755. The monoisotopic (exact) mass is 359 g/mol. The normalized spacial score (nSPS) is 23.7. The molecule has 0 unspecified atom stereocenters. The number of methoxy groups -OCH3 is 1. The van der Waals surface area contributed by atoms with Crippen LogP contribution in [0, 0.1) is 5.41 Å². The van der Waals surface area contributed by atoms with E-state index in [2.05, 4.69) is 49.7 Å². The predicted molar refractivity (Wildman–Crippen MR) is 104 cm³/mol. The summed E-state index contributed by atoms with van der Waals surface area (Å²) in [6.07, 6.45) is 2.64. The molecule has 0 bridgehead atoms. The van der Waals surface area contributed by atoms with Gasteiger partial charge in [0.1, 0.15) is 5.75 Å². The molecule has 0 atom stereocenters. The first kappa shape index (κ1) is 19.2. The first-order valence-corrected chi connectivity index (χ1v) is 9.57. The number of carbonyl (C=O) groups excluding carboxylic acids is 1. The maximum absolute atomic E-state index is 13.2. The minimum atomic E-state index is -0.356. The molecule has 26 heavy (non-hydrogen) atoms. The Morgan fingerprint density at radius 1 is 1.19 bits per heavy atom. The molecule has 2 saturated heterocycles. The first-order valence-electron chi connectivity index (χ1n) is 9.57. The zero-order valence-electron chi connectivity index (χ0n) is 16.7. The van der Waals surface area contributed by atoms with Crippen LogP contribution in [0.25, 0.3) is 0 Å². The molecule has 3 N–H and O–H groups in total. The molecule has 1 amide bonds. The summed E-state index contributed by atoms with van der Waals surface area (Å²) in [6.45, 7) is 10.3. The van der Waals surface area contributed by atoms with E-state index in [0.29, 0.717) is 0 Å². The first-order chi connectivity index (χ1) is 12.1. The highest BCUT2D eigenvalue weighted by molar-refractivity contribution is 5.85. The van der Waals surface area contributed by atoms with E-state index < -0.39 is 0 Å². The van der Waals surface area contributed by atoms with Crippen molar-refractivity contribution in [3.8, 4) is 5.75 Å². The Morgan fingerprint density at radius 2 is 1.85 bits per heavy atom. The van der Waals surface area contributed by atoms with E-state index in [1.807, 2.05) is 18.2 Å². The van der Waals surface area contributed by atoms with Crippen LogP contribution in [0.5, 0.6) is 5.75 Å². The molecule has 0 saturated carbocycles. The van der Waals surface area contributed by atoms with Crippen molar-refractivity contribution < 1.29 is 9.53 Å². The van der Waals surface area contributed by atoms with Crippen LogP contribution in [0.1, 0.15) is 46.1 Å². The smallest absolute Gasteiger partial charge is 0.229 e. The molecular formula is C21H33N3O2. The van der Waals surface area contributed by atoms with Gasteiger partial charge >= 0.3 is 0 Å². The van der Waals surface area contributed by atoms with Gasteiger partial charge in [0, 0.05) is 30.2 Å². The summed E-state index contributed by atoms with van der Waals surface area (Å²) in [6, 6.07) is 8.24. The second-order valence-electron chi connectivity index (χ2n) is 9.38. The fraction of sp³-hybridized carbons (Fsp3) is 0.667. The van der Waals surface area contributed by atoms with Crippen molar-refractivity contribution in [1.29, 1.82) is 0 Å². The standard InChI is InChI=1S/C21H33N3O2/c1-19(2)11-16(12-20(3,4)24-19)23-18(25)21(13-22-14-21)10-15-7-6-8-17(9-15)26-5/h6-9,16,22,24H,10-14H2,1-5H3,(H,23,25). The highest BCUT2D eigenvalue weighted by Gasteiger charge is 2.46. The van der Waals surface area contributed by atoms with Crippen LogP contribution >= 0.6 is 0 Å². The van der Waals surface area contributed by atoms with Crippen molar-refractivity contribution in [2.45, 2.75) is 64.1 Å². The number of amides is 1. The Hall–Kier alpha value is -1.59. The van der Waals surface area contributed by atoms with Gasteiger partial charge in [-0.2, -0.15) is 0 Å². The second kappa shape index (κ2) is 6.86. The van der Waals surface area contributed by atoms with Crippen LogP contribution in [-0.2, 0) is 11.2 Å². The minimum Gasteiger partial charge on any atom is -0.497 e. The molecule has 2 aliphatic rings. The number of ether oxygens (including phenoxy) is 1. The van der Waals surface area contributed by atoms with Crippen molar-refractivity contribution in [2.24, 2.45) is 5.41 Å². The van der Waals surface area contributed by atoms with E-state index in [0.717, 1.165) is 43.7 Å². The van der Waals surface area contributed by atoms with E-state index in [1.165, 1.54) is 0 Å². The lowest BCUT2D eigenvalue weighted by atomic mass is 9.74. The maximum atomic E-state index is 13.2. The van der Waals surface area contributed by atoms with Crippen LogP contribution in [0.4, 0.5) is 0 Å². The fourth-order valence-electron chi connectivity index (χ4n) is 4.73. The molecule has 5 heteroatoms. The van der Waals surface area contributed by atoms with Crippen LogP contribution < -0.4 is 20.7 Å². The van der Waals surface area contributed by atoms with Gasteiger partial charge in [0.25, 0.3) is 0 Å². The lowest BCUT2D eigenvalue weighted by Crippen LogP contribution is -2.67. The van der Waals surface area contributed by atoms with Gasteiger partial charge in [-0.1, -0.05) is 12.1 Å². The van der Waals surface area contributed by atoms with Gasteiger partial charge in [0.2, 0.25) is 5.91 Å². The van der Waals surface area contributed by atoms with E-state index >= 15 is 0 Å². The Bertz CT molecular complexity index is 649. The van der Waals surface area contributed by atoms with Crippen molar-refractivity contribution in [3.63, 3.8) is 0 Å². The number of nitrogens with one attached hydrogen (secondary N) is 3. The molecule has 5 nitrogen and oxygen atoms in total. The van der Waals surface area contributed by atoms with Gasteiger partial charge in [-0.3, -0.25) is 4.79 Å². The Labute approximate surface area is 157 Å². The van der Waals surface area contributed by atoms with Gasteiger partial charge < -0.3 is 20.7 Å². The highest BCUT2D eigenvalue weighted by Crippen LogP contribution is 2.32. The number of piperidine rings is 1. The molecule has 0 aliphatic carbocycles. The van der Waals surface area contributed by atoms with E-state index in [-0.39, 0.29) is 28.4 Å². The SMILES string of the molecule is COc1cccc(CC2(C(=O)NC3CC(C)(C)NC(C)(C)C3)CNC2)c1. The second-order valence-corrected chi connectivity index (χ2v) is 9.38. The van der Waals surface area contributed by atoms with Crippen LogP contribution in [-0.4, -0.2) is 43.2 Å². The minimum absolute atomic E-state index is 0.0253. The maximum Gasteiger partial charge on any atom is 0.229 e. The van der Waals surface area contributed by atoms with Crippen molar-refractivity contribution in [2.75, 3.05) is 20.2 Å². The molecule has 3 rings (SSSR count). The predicted octanol–water partition coefficient (Wildman–Crippen LogP) is 2.25. The molecule has 2 aliphatic heterocycles. The summed E-state index contributed by atoms with van der Waals surface area (Å²) in [5.41, 5.74) is 0.840. The van der Waals surface area contributed by atoms with Crippen LogP contribution in [0.3, 0.4) is 0 Å². The van der Waals surface area contributed by atoms with Gasteiger partial charge in [0.15, 0.2) is 0 Å². The molecule has 0 radical (unpaired) electrons. The third-order valence-corrected chi connectivity index (χ3v) is 5.61. The number of hydrogen-bond donors (Lipinski definition) is 3. The van der Waals surface area contributed by atoms with E-state index in [4.69, 9.17) is 4.74 Å². The number of rotatable bonds is 5. The molecule has 0 aromatic heterocycles. The van der Waals surface area contributed by atoms with Gasteiger partial charge in [-0.25, -0.2) is 0 Å². The summed E-state index contributed by atoms with van der Waals surface area (Å²) in [5, 5.41) is 10.3. The number of carbonyl (C=O) groups is 1. The summed E-state index contributed by atoms with van der Waals surface area (Å²) in [5.74, 6) is 1.02. The molecule has 2 heterocycles. The molecule has 0 spiro atoms. The van der Waals surface area contributed by atoms with Crippen molar-refractivity contribution in [3.05, 3.63) is 29.8 Å². The molecular weight excluding hydrogens is 326 g/mol. The zero-order valence-corrected chi connectivity index (χ0v) is 16.7. The van der Waals surface area contributed by atoms with E-state index in [9.17, 15) is 4.79 Å². The van der Waals surface area contributed by atoms with Crippen LogP contribution in [0.15, 0.2) is 24.3 Å². The average molecular weight is 360 g/mol.